The summed E-state index contributed by atoms with van der Waals surface area (Å²) in [7, 11) is 0. The van der Waals surface area contributed by atoms with Gasteiger partial charge in [-0.2, -0.15) is 0 Å². The van der Waals surface area contributed by atoms with Crippen LogP contribution < -0.4 is 0 Å². The van der Waals surface area contributed by atoms with Gasteiger partial charge in [-0.15, -0.1) is 0 Å². The Bertz CT molecular complexity index is 522. The van der Waals surface area contributed by atoms with E-state index in [0.717, 1.165) is 6.42 Å². The van der Waals surface area contributed by atoms with E-state index in [0.29, 0.717) is 5.92 Å². The molecule has 0 amide bonds. The smallest absolute Gasteiger partial charge is 0.0336 e. The third-order valence-electron chi connectivity index (χ3n) is 3.40. The van der Waals surface area contributed by atoms with Crippen LogP contribution in [-0.2, 0) is 0 Å². The summed E-state index contributed by atoms with van der Waals surface area (Å²) in [5.74, 6) is 0.313. The normalized spacial score (nSPS) is 12.2. The molecule has 2 aromatic rings. The topological polar surface area (TPSA) is 0 Å². The van der Waals surface area contributed by atoms with Crippen molar-refractivity contribution in [2.45, 2.75) is 26.2 Å². The lowest BCUT2D eigenvalue weighted by Crippen LogP contribution is -2.03. The molecule has 0 unspecified atom stereocenters. The minimum atomic E-state index is 0.313. The minimum Gasteiger partial charge on any atom is -0.0874 e. The molecule has 102 valence electrons. The quantitative estimate of drug-likeness (QED) is 0.603. The third kappa shape index (κ3) is 3.48. The fourth-order valence-electron chi connectivity index (χ4n) is 2.58. The van der Waals surface area contributed by atoms with Crippen molar-refractivity contribution in [1.29, 1.82) is 0 Å². The van der Waals surface area contributed by atoms with Crippen molar-refractivity contribution in [3.05, 3.63) is 95.6 Å². The average Bonchev–Trinajstić information content (AvgIpc) is 2.50. The lowest BCUT2D eigenvalue weighted by molar-refractivity contribution is 0.961. The predicted molar refractivity (Wildman–Crippen MR) is 87.9 cm³/mol. The molecule has 2 rings (SSSR count). The lowest BCUT2D eigenvalue weighted by atomic mass is 9.84. The molecular formula is C20H22. The van der Waals surface area contributed by atoms with Crippen LogP contribution in [0.25, 0.3) is 0 Å². The summed E-state index contributed by atoms with van der Waals surface area (Å²) in [6.45, 7) is 4.27. The number of benzene rings is 2. The SMILES string of the molecule is C/C=C\C(=C/CC)C(c1ccccc1)c1ccccc1. The highest BCUT2D eigenvalue weighted by atomic mass is 14.2. The van der Waals surface area contributed by atoms with E-state index in [1.54, 1.807) is 0 Å². The first-order chi connectivity index (χ1) is 9.86. The summed E-state index contributed by atoms with van der Waals surface area (Å²) < 4.78 is 0. The Morgan fingerprint density at radius 1 is 0.900 bits per heavy atom. The van der Waals surface area contributed by atoms with E-state index in [9.17, 15) is 0 Å². The molecule has 2 aromatic carbocycles. The first kappa shape index (κ1) is 14.3. The van der Waals surface area contributed by atoms with Crippen LogP contribution in [0.15, 0.2) is 84.5 Å². The Morgan fingerprint density at radius 3 is 1.80 bits per heavy atom. The van der Waals surface area contributed by atoms with Crippen LogP contribution in [-0.4, -0.2) is 0 Å². The average molecular weight is 262 g/mol. The van der Waals surface area contributed by atoms with E-state index >= 15 is 0 Å². The van der Waals surface area contributed by atoms with E-state index in [-0.39, 0.29) is 0 Å². The second kappa shape index (κ2) is 7.49. The van der Waals surface area contributed by atoms with E-state index in [2.05, 4.69) is 92.7 Å². The number of hydrogen-bond donors (Lipinski definition) is 0. The monoisotopic (exact) mass is 262 g/mol. The zero-order valence-corrected chi connectivity index (χ0v) is 12.3. The number of rotatable bonds is 5. The van der Waals surface area contributed by atoms with Gasteiger partial charge in [0, 0.05) is 5.92 Å². The number of hydrogen-bond acceptors (Lipinski definition) is 0. The van der Waals surface area contributed by atoms with Gasteiger partial charge in [0.25, 0.3) is 0 Å². The molecule has 0 saturated carbocycles. The first-order valence-corrected chi connectivity index (χ1v) is 7.29. The van der Waals surface area contributed by atoms with Crippen molar-refractivity contribution in [3.63, 3.8) is 0 Å². The molecule has 0 heteroatoms. The lowest BCUT2D eigenvalue weighted by Gasteiger charge is -2.20. The maximum absolute atomic E-state index is 2.32. The van der Waals surface area contributed by atoms with E-state index < -0.39 is 0 Å². The maximum Gasteiger partial charge on any atom is 0.0336 e. The fourth-order valence-corrected chi connectivity index (χ4v) is 2.58. The Balaban J connectivity index is 2.52. The first-order valence-electron chi connectivity index (χ1n) is 7.29. The minimum absolute atomic E-state index is 0.313. The zero-order valence-electron chi connectivity index (χ0n) is 12.3. The molecule has 0 spiro atoms. The molecule has 20 heavy (non-hydrogen) atoms. The van der Waals surface area contributed by atoms with Gasteiger partial charge < -0.3 is 0 Å². The van der Waals surface area contributed by atoms with Crippen LogP contribution in [0.5, 0.6) is 0 Å². The maximum atomic E-state index is 2.32. The molecule has 0 radical (unpaired) electrons. The molecule has 0 heterocycles. The van der Waals surface area contributed by atoms with Gasteiger partial charge >= 0.3 is 0 Å². The van der Waals surface area contributed by atoms with Crippen LogP contribution in [0.3, 0.4) is 0 Å². The molecular weight excluding hydrogens is 240 g/mol. The summed E-state index contributed by atoms with van der Waals surface area (Å²) >= 11 is 0. The van der Waals surface area contributed by atoms with Gasteiger partial charge in [-0.05, 0) is 30.0 Å². The third-order valence-corrected chi connectivity index (χ3v) is 3.40. The Labute approximate surface area is 122 Å². The largest absolute Gasteiger partial charge is 0.0874 e. The van der Waals surface area contributed by atoms with E-state index in [1.807, 2.05) is 0 Å². The van der Waals surface area contributed by atoms with Crippen LogP contribution >= 0.6 is 0 Å². The molecule has 0 fully saturated rings. The van der Waals surface area contributed by atoms with Gasteiger partial charge in [-0.25, -0.2) is 0 Å². The van der Waals surface area contributed by atoms with E-state index in [1.165, 1.54) is 16.7 Å². The van der Waals surface area contributed by atoms with Crippen molar-refractivity contribution in [3.8, 4) is 0 Å². The highest BCUT2D eigenvalue weighted by Crippen LogP contribution is 2.32. The van der Waals surface area contributed by atoms with E-state index in [4.69, 9.17) is 0 Å². The molecule has 0 atom stereocenters. The van der Waals surface area contributed by atoms with Gasteiger partial charge in [0.2, 0.25) is 0 Å². The molecule has 0 N–H and O–H groups in total. The van der Waals surface area contributed by atoms with Crippen LogP contribution in [0, 0.1) is 0 Å². The molecule has 0 nitrogen and oxygen atoms in total. The van der Waals surface area contributed by atoms with Crippen molar-refractivity contribution in [2.24, 2.45) is 0 Å². The van der Waals surface area contributed by atoms with Crippen molar-refractivity contribution < 1.29 is 0 Å². The summed E-state index contributed by atoms with van der Waals surface area (Å²) in [6.07, 6.45) is 7.73. The summed E-state index contributed by atoms with van der Waals surface area (Å²) in [5, 5.41) is 0. The Morgan fingerprint density at radius 2 is 1.40 bits per heavy atom. The Kier molecular flexibility index (Phi) is 5.37. The van der Waals surface area contributed by atoms with Crippen molar-refractivity contribution in [2.75, 3.05) is 0 Å². The fraction of sp³-hybridized carbons (Fsp3) is 0.200. The highest BCUT2D eigenvalue weighted by molar-refractivity contribution is 5.44. The molecule has 0 saturated heterocycles. The molecule has 0 aromatic heterocycles. The molecule has 0 aliphatic heterocycles. The predicted octanol–water partition coefficient (Wildman–Crippen LogP) is 5.73. The summed E-state index contributed by atoms with van der Waals surface area (Å²) in [4.78, 5) is 0. The Hall–Kier alpha value is -2.08. The van der Waals surface area contributed by atoms with Gasteiger partial charge in [-0.1, -0.05) is 85.8 Å². The van der Waals surface area contributed by atoms with Crippen LogP contribution in [0.4, 0.5) is 0 Å². The van der Waals surface area contributed by atoms with Gasteiger partial charge in [0.05, 0.1) is 0 Å². The van der Waals surface area contributed by atoms with Gasteiger partial charge in [-0.3, -0.25) is 0 Å². The molecule has 0 aliphatic carbocycles. The second-order valence-corrected chi connectivity index (χ2v) is 4.87. The highest BCUT2D eigenvalue weighted by Gasteiger charge is 2.16. The standard InChI is InChI=1S/C20H22/c1-3-11-17(12-4-2)20(18-13-7-5-8-14-18)19-15-9-6-10-16-19/h3,5-16,20H,4H2,1-2H3/b11-3-,17-12+. The molecule has 0 bridgehead atoms. The van der Waals surface area contributed by atoms with Crippen LogP contribution in [0.1, 0.15) is 37.3 Å². The van der Waals surface area contributed by atoms with Crippen LogP contribution in [0.2, 0.25) is 0 Å². The molecule has 0 aliphatic rings. The van der Waals surface area contributed by atoms with Gasteiger partial charge in [0.1, 0.15) is 0 Å². The summed E-state index contributed by atoms with van der Waals surface area (Å²) in [5.41, 5.74) is 4.06. The van der Waals surface area contributed by atoms with Gasteiger partial charge in [0.15, 0.2) is 0 Å². The van der Waals surface area contributed by atoms with Crippen molar-refractivity contribution in [1.82, 2.24) is 0 Å². The second-order valence-electron chi connectivity index (χ2n) is 4.87. The van der Waals surface area contributed by atoms with Crippen molar-refractivity contribution >= 4 is 0 Å². The summed E-state index contributed by atoms with van der Waals surface area (Å²) in [6, 6.07) is 21.5. The number of allylic oxidation sites excluding steroid dienone is 4. The zero-order chi connectivity index (χ0) is 14.2.